The second-order valence-corrected chi connectivity index (χ2v) is 6.34. The fourth-order valence-electron chi connectivity index (χ4n) is 2.14. The molecule has 0 spiro atoms. The molecule has 94 valence electrons. The molecular weight excluding hydrogens is 285 g/mol. The van der Waals surface area contributed by atoms with Gasteiger partial charge in [0.25, 0.3) is 5.88 Å². The first kappa shape index (κ1) is 12.8. The molecule has 0 saturated heterocycles. The summed E-state index contributed by atoms with van der Waals surface area (Å²) in [6.07, 6.45) is 5.86. The van der Waals surface area contributed by atoms with Crippen molar-refractivity contribution >= 4 is 15.9 Å². The van der Waals surface area contributed by atoms with E-state index in [-0.39, 0.29) is 12.0 Å². The maximum Gasteiger partial charge on any atom is 0.250 e. The second-order valence-electron chi connectivity index (χ2n) is 5.42. The predicted octanol–water partition coefficient (Wildman–Crippen LogP) is 4.33. The number of hydrogen-bond acceptors (Lipinski definition) is 2. The van der Waals surface area contributed by atoms with Crippen molar-refractivity contribution in [3.63, 3.8) is 0 Å². The van der Waals surface area contributed by atoms with Gasteiger partial charge in [0.05, 0.1) is 0 Å². The fraction of sp³-hybridized carbons (Fsp3) is 0.615. The number of rotatable bonds is 2. The van der Waals surface area contributed by atoms with Crippen LogP contribution in [0.15, 0.2) is 16.7 Å². The van der Waals surface area contributed by atoms with Crippen molar-refractivity contribution in [2.24, 2.45) is 5.41 Å². The van der Waals surface area contributed by atoms with Gasteiger partial charge >= 0.3 is 0 Å². The van der Waals surface area contributed by atoms with Crippen LogP contribution in [0, 0.1) is 11.2 Å². The van der Waals surface area contributed by atoms with E-state index in [9.17, 15) is 4.39 Å². The lowest BCUT2D eigenvalue weighted by atomic mass is 9.76. The Labute approximate surface area is 110 Å². The standard InChI is InChI=1S/C13H17BrFNO/c1-13(2)5-3-10(4-6-13)17-12-11(15)7-9(14)8-16-12/h7-8,10H,3-6H2,1-2H3. The molecule has 0 aromatic carbocycles. The molecule has 17 heavy (non-hydrogen) atoms. The largest absolute Gasteiger partial charge is 0.472 e. The van der Waals surface area contributed by atoms with Crippen LogP contribution < -0.4 is 4.74 Å². The highest BCUT2D eigenvalue weighted by molar-refractivity contribution is 9.10. The molecule has 1 aliphatic rings. The molecule has 0 N–H and O–H groups in total. The molecule has 0 amide bonds. The summed E-state index contributed by atoms with van der Waals surface area (Å²) < 4.78 is 19.8. The van der Waals surface area contributed by atoms with Crippen LogP contribution in [-0.4, -0.2) is 11.1 Å². The van der Waals surface area contributed by atoms with Crippen LogP contribution in [0.1, 0.15) is 39.5 Å². The predicted molar refractivity (Wildman–Crippen MR) is 68.6 cm³/mol. The number of ether oxygens (including phenoxy) is 1. The van der Waals surface area contributed by atoms with Crippen molar-refractivity contribution in [2.75, 3.05) is 0 Å². The third-order valence-electron chi connectivity index (χ3n) is 3.34. The van der Waals surface area contributed by atoms with Crippen LogP contribution in [0.3, 0.4) is 0 Å². The van der Waals surface area contributed by atoms with Gasteiger partial charge in [-0.25, -0.2) is 9.37 Å². The van der Waals surface area contributed by atoms with Crippen molar-refractivity contribution < 1.29 is 9.13 Å². The molecule has 1 heterocycles. The Morgan fingerprint density at radius 2 is 2.06 bits per heavy atom. The summed E-state index contributed by atoms with van der Waals surface area (Å²) in [5.41, 5.74) is 0.394. The minimum absolute atomic E-state index is 0.103. The summed E-state index contributed by atoms with van der Waals surface area (Å²) in [7, 11) is 0. The number of halogens is 2. The van der Waals surface area contributed by atoms with Crippen LogP contribution >= 0.6 is 15.9 Å². The summed E-state index contributed by atoms with van der Waals surface area (Å²) in [5.74, 6) is -0.276. The van der Waals surface area contributed by atoms with Crippen LogP contribution in [0.5, 0.6) is 5.88 Å². The van der Waals surface area contributed by atoms with E-state index >= 15 is 0 Å². The van der Waals surface area contributed by atoms with Gasteiger partial charge in [-0.2, -0.15) is 0 Å². The molecule has 0 atom stereocenters. The van der Waals surface area contributed by atoms with Gasteiger partial charge in [0.1, 0.15) is 6.10 Å². The van der Waals surface area contributed by atoms with Gasteiger partial charge in [0, 0.05) is 10.7 Å². The van der Waals surface area contributed by atoms with Gasteiger partial charge in [-0.3, -0.25) is 0 Å². The van der Waals surface area contributed by atoms with Gasteiger partial charge in [-0.15, -0.1) is 0 Å². The van der Waals surface area contributed by atoms with Crippen molar-refractivity contribution in [3.8, 4) is 5.88 Å². The minimum Gasteiger partial charge on any atom is -0.472 e. The summed E-state index contributed by atoms with van der Waals surface area (Å²) >= 11 is 3.18. The maximum absolute atomic E-state index is 13.5. The van der Waals surface area contributed by atoms with Crippen molar-refractivity contribution in [1.29, 1.82) is 0 Å². The lowest BCUT2D eigenvalue weighted by Gasteiger charge is -2.34. The highest BCUT2D eigenvalue weighted by Gasteiger charge is 2.28. The Bertz CT molecular complexity index is 398. The summed E-state index contributed by atoms with van der Waals surface area (Å²) in [5, 5.41) is 0. The zero-order valence-corrected chi connectivity index (χ0v) is 11.8. The van der Waals surface area contributed by atoms with E-state index in [0.29, 0.717) is 9.89 Å². The number of pyridine rings is 1. The third-order valence-corrected chi connectivity index (χ3v) is 3.77. The third kappa shape index (κ3) is 3.41. The topological polar surface area (TPSA) is 22.1 Å². The van der Waals surface area contributed by atoms with E-state index in [2.05, 4.69) is 34.8 Å². The highest BCUT2D eigenvalue weighted by atomic mass is 79.9. The summed E-state index contributed by atoms with van der Waals surface area (Å²) in [4.78, 5) is 3.96. The first-order chi connectivity index (χ1) is 7.96. The van der Waals surface area contributed by atoms with E-state index in [4.69, 9.17) is 4.74 Å². The van der Waals surface area contributed by atoms with E-state index in [1.54, 1.807) is 6.20 Å². The molecule has 0 unspecified atom stereocenters. The average molecular weight is 302 g/mol. The molecule has 2 rings (SSSR count). The average Bonchev–Trinajstić information content (AvgIpc) is 2.25. The van der Waals surface area contributed by atoms with E-state index in [1.165, 1.54) is 6.07 Å². The molecule has 1 aromatic rings. The Balaban J connectivity index is 1.98. The summed E-state index contributed by atoms with van der Waals surface area (Å²) in [6.45, 7) is 4.53. The lowest BCUT2D eigenvalue weighted by Crippen LogP contribution is -2.28. The highest BCUT2D eigenvalue weighted by Crippen LogP contribution is 2.36. The van der Waals surface area contributed by atoms with E-state index in [0.717, 1.165) is 25.7 Å². The molecule has 1 saturated carbocycles. The zero-order chi connectivity index (χ0) is 12.5. The second kappa shape index (κ2) is 4.92. The van der Waals surface area contributed by atoms with Crippen LogP contribution in [-0.2, 0) is 0 Å². The first-order valence-corrected chi connectivity index (χ1v) is 6.73. The van der Waals surface area contributed by atoms with Crippen molar-refractivity contribution in [2.45, 2.75) is 45.6 Å². The number of aromatic nitrogens is 1. The molecule has 0 radical (unpaired) electrons. The van der Waals surface area contributed by atoms with Gasteiger partial charge in [-0.05, 0) is 53.1 Å². The Kier molecular flexibility index (Phi) is 3.71. The molecule has 1 aliphatic carbocycles. The molecular formula is C13H17BrFNO. The van der Waals surface area contributed by atoms with Gasteiger partial charge in [0.15, 0.2) is 5.82 Å². The maximum atomic E-state index is 13.5. The quantitative estimate of drug-likeness (QED) is 0.811. The molecule has 4 heteroatoms. The Morgan fingerprint density at radius 3 is 2.65 bits per heavy atom. The zero-order valence-electron chi connectivity index (χ0n) is 10.2. The fourth-order valence-corrected chi connectivity index (χ4v) is 2.44. The minimum atomic E-state index is -0.399. The van der Waals surface area contributed by atoms with Gasteiger partial charge in [0.2, 0.25) is 0 Å². The van der Waals surface area contributed by atoms with E-state index in [1.807, 2.05) is 0 Å². The number of nitrogens with zero attached hydrogens (tertiary/aromatic N) is 1. The summed E-state index contributed by atoms with van der Waals surface area (Å²) in [6, 6.07) is 1.38. The molecule has 1 fully saturated rings. The molecule has 2 nitrogen and oxygen atoms in total. The van der Waals surface area contributed by atoms with Crippen LogP contribution in [0.25, 0.3) is 0 Å². The van der Waals surface area contributed by atoms with Crippen LogP contribution in [0.4, 0.5) is 4.39 Å². The Morgan fingerprint density at radius 1 is 1.41 bits per heavy atom. The Hall–Kier alpha value is -0.640. The monoisotopic (exact) mass is 301 g/mol. The van der Waals surface area contributed by atoms with Crippen molar-refractivity contribution in [3.05, 3.63) is 22.6 Å². The SMILES string of the molecule is CC1(C)CCC(Oc2ncc(Br)cc2F)CC1. The first-order valence-electron chi connectivity index (χ1n) is 5.94. The lowest BCUT2D eigenvalue weighted by molar-refractivity contribution is 0.0910. The normalized spacial score (nSPS) is 20.2. The van der Waals surface area contributed by atoms with Crippen molar-refractivity contribution in [1.82, 2.24) is 4.98 Å². The smallest absolute Gasteiger partial charge is 0.250 e. The van der Waals surface area contributed by atoms with Gasteiger partial charge in [-0.1, -0.05) is 13.8 Å². The van der Waals surface area contributed by atoms with Crippen LogP contribution in [0.2, 0.25) is 0 Å². The molecule has 1 aromatic heterocycles. The van der Waals surface area contributed by atoms with Gasteiger partial charge < -0.3 is 4.74 Å². The molecule has 0 bridgehead atoms. The molecule has 0 aliphatic heterocycles. The van der Waals surface area contributed by atoms with E-state index < -0.39 is 5.82 Å². The number of hydrogen-bond donors (Lipinski definition) is 0.